The molecule has 1 unspecified atom stereocenters. The molecule has 1 atom stereocenters. The van der Waals surface area contributed by atoms with Gasteiger partial charge < -0.3 is 9.64 Å². The second-order valence-electron chi connectivity index (χ2n) is 13.7. The third-order valence-corrected chi connectivity index (χ3v) is 9.65. The van der Waals surface area contributed by atoms with E-state index in [9.17, 15) is 9.59 Å². The Balaban J connectivity index is 1.29. The summed E-state index contributed by atoms with van der Waals surface area (Å²) in [5.74, 6) is 0.576. The van der Waals surface area contributed by atoms with Crippen LogP contribution in [0.25, 0.3) is 0 Å². The maximum atomic E-state index is 13.9. The van der Waals surface area contributed by atoms with E-state index in [2.05, 4.69) is 37.5 Å². The molecule has 2 aromatic rings. The van der Waals surface area contributed by atoms with Crippen LogP contribution in [-0.2, 0) is 16.0 Å². The summed E-state index contributed by atoms with van der Waals surface area (Å²) in [6.07, 6.45) is 3.86. The molecule has 0 radical (unpaired) electrons. The molecular formula is C34H47Cl2N3O3. The number of ether oxygens (including phenoxy) is 1. The molecule has 2 amide bonds. The molecule has 0 N–H and O–H groups in total. The lowest BCUT2D eigenvalue weighted by atomic mass is 9.71. The molecule has 2 aromatic carbocycles. The average molecular weight is 617 g/mol. The van der Waals surface area contributed by atoms with Crippen LogP contribution in [-0.4, -0.2) is 56.0 Å². The Morgan fingerprint density at radius 2 is 1.67 bits per heavy atom. The van der Waals surface area contributed by atoms with E-state index in [4.69, 9.17) is 27.9 Å². The standard InChI is InChI=1S/C34H47Cl2N3O3/c1-24(23-33(2,3)4)34(5,6)32(41)39-29-22-26(14-12-25(29)13-15-30(39)40)42-21-8-7-16-37-17-19-38(20-18-37)28-11-9-10-27(35)31(28)36/h9-12,14,22,24H,7-8,13,15-21,23H2,1-6H3. The molecule has 1 fully saturated rings. The first-order chi connectivity index (χ1) is 19.8. The van der Waals surface area contributed by atoms with E-state index in [1.165, 1.54) is 4.90 Å². The highest BCUT2D eigenvalue weighted by Crippen LogP contribution is 2.41. The summed E-state index contributed by atoms with van der Waals surface area (Å²) in [5.41, 5.74) is 2.14. The number of fused-ring (bicyclic) bond motifs is 1. The first-order valence-electron chi connectivity index (χ1n) is 15.3. The van der Waals surface area contributed by atoms with Crippen LogP contribution < -0.4 is 14.5 Å². The maximum absolute atomic E-state index is 13.9. The van der Waals surface area contributed by atoms with Crippen molar-refractivity contribution in [2.45, 2.75) is 73.6 Å². The van der Waals surface area contributed by atoms with Gasteiger partial charge in [-0.3, -0.25) is 14.5 Å². The number of imide groups is 1. The van der Waals surface area contributed by atoms with E-state index in [-0.39, 0.29) is 23.1 Å². The fraction of sp³-hybridized carbons (Fsp3) is 0.588. The van der Waals surface area contributed by atoms with E-state index in [0.717, 1.165) is 63.2 Å². The first-order valence-corrected chi connectivity index (χ1v) is 16.1. The number of anilines is 2. The molecule has 8 heteroatoms. The van der Waals surface area contributed by atoms with Gasteiger partial charge >= 0.3 is 0 Å². The van der Waals surface area contributed by atoms with Crippen LogP contribution in [0.5, 0.6) is 5.75 Å². The summed E-state index contributed by atoms with van der Waals surface area (Å²) in [6, 6.07) is 11.7. The fourth-order valence-corrected chi connectivity index (χ4v) is 6.43. The molecule has 2 aliphatic rings. The summed E-state index contributed by atoms with van der Waals surface area (Å²) in [5, 5.41) is 1.22. The highest BCUT2D eigenvalue weighted by molar-refractivity contribution is 6.43. The molecule has 0 bridgehead atoms. The van der Waals surface area contributed by atoms with Crippen LogP contribution in [0.15, 0.2) is 36.4 Å². The zero-order valence-electron chi connectivity index (χ0n) is 26.1. The topological polar surface area (TPSA) is 53.1 Å². The molecular weight excluding hydrogens is 569 g/mol. The van der Waals surface area contributed by atoms with Crippen molar-refractivity contribution in [3.63, 3.8) is 0 Å². The molecule has 230 valence electrons. The van der Waals surface area contributed by atoms with Crippen molar-refractivity contribution in [3.8, 4) is 5.75 Å². The molecule has 0 aliphatic carbocycles. The van der Waals surface area contributed by atoms with Crippen LogP contribution in [0.1, 0.15) is 72.8 Å². The first kappa shape index (κ1) is 32.6. The maximum Gasteiger partial charge on any atom is 0.239 e. The summed E-state index contributed by atoms with van der Waals surface area (Å²) >= 11 is 12.6. The third kappa shape index (κ3) is 7.81. The summed E-state index contributed by atoms with van der Waals surface area (Å²) in [4.78, 5) is 33.2. The lowest BCUT2D eigenvalue weighted by Gasteiger charge is -2.39. The number of carbonyl (C=O) groups is 2. The molecule has 0 spiro atoms. The molecule has 2 heterocycles. The van der Waals surface area contributed by atoms with Crippen molar-refractivity contribution in [1.29, 1.82) is 0 Å². The molecule has 2 aliphatic heterocycles. The number of unbranched alkanes of at least 4 members (excludes halogenated alkanes) is 1. The summed E-state index contributed by atoms with van der Waals surface area (Å²) in [7, 11) is 0. The summed E-state index contributed by atoms with van der Waals surface area (Å²) in [6.45, 7) is 18.0. The molecule has 0 aromatic heterocycles. The van der Waals surface area contributed by atoms with Crippen LogP contribution >= 0.6 is 23.2 Å². The van der Waals surface area contributed by atoms with Gasteiger partial charge in [-0.25, -0.2) is 4.90 Å². The van der Waals surface area contributed by atoms with Gasteiger partial charge in [0.05, 0.1) is 28.0 Å². The zero-order chi connectivity index (χ0) is 30.7. The van der Waals surface area contributed by atoms with Crippen molar-refractivity contribution < 1.29 is 14.3 Å². The Morgan fingerprint density at radius 1 is 0.952 bits per heavy atom. The lowest BCUT2D eigenvalue weighted by Crippen LogP contribution is -2.49. The second kappa shape index (κ2) is 13.6. The minimum atomic E-state index is -0.666. The van der Waals surface area contributed by atoms with Gasteiger partial charge in [-0.1, -0.05) is 76.9 Å². The van der Waals surface area contributed by atoms with Crippen LogP contribution in [0, 0.1) is 16.7 Å². The largest absolute Gasteiger partial charge is 0.494 e. The second-order valence-corrected chi connectivity index (χ2v) is 14.5. The van der Waals surface area contributed by atoms with Gasteiger partial charge in [0.1, 0.15) is 5.75 Å². The quantitative estimate of drug-likeness (QED) is 0.254. The predicted molar refractivity (Wildman–Crippen MR) is 174 cm³/mol. The fourth-order valence-electron chi connectivity index (χ4n) is 6.01. The number of carbonyl (C=O) groups excluding carboxylic acids is 2. The molecule has 1 saturated heterocycles. The Morgan fingerprint density at radius 3 is 2.36 bits per heavy atom. The van der Waals surface area contributed by atoms with Crippen LogP contribution in [0.3, 0.4) is 0 Å². The number of rotatable bonds is 10. The zero-order valence-corrected chi connectivity index (χ0v) is 27.7. The van der Waals surface area contributed by atoms with Gasteiger partial charge in [0, 0.05) is 44.1 Å². The highest BCUT2D eigenvalue weighted by atomic mass is 35.5. The van der Waals surface area contributed by atoms with Crippen molar-refractivity contribution in [2.24, 2.45) is 16.7 Å². The SMILES string of the molecule is CC(CC(C)(C)C)C(C)(C)C(=O)N1C(=O)CCc2ccc(OCCCCN3CCN(c4cccc(Cl)c4Cl)CC3)cc21. The molecule has 0 saturated carbocycles. The minimum Gasteiger partial charge on any atom is -0.494 e. The highest BCUT2D eigenvalue weighted by Gasteiger charge is 2.42. The van der Waals surface area contributed by atoms with Gasteiger partial charge in [0.25, 0.3) is 0 Å². The predicted octanol–water partition coefficient (Wildman–Crippen LogP) is 7.88. The van der Waals surface area contributed by atoms with E-state index in [1.807, 2.05) is 50.2 Å². The van der Waals surface area contributed by atoms with Crippen molar-refractivity contribution in [3.05, 3.63) is 52.0 Å². The number of amides is 2. The van der Waals surface area contributed by atoms with Crippen molar-refractivity contribution in [1.82, 2.24) is 4.90 Å². The van der Waals surface area contributed by atoms with Gasteiger partial charge in [0.15, 0.2) is 0 Å². The van der Waals surface area contributed by atoms with Crippen molar-refractivity contribution in [2.75, 3.05) is 49.1 Å². The minimum absolute atomic E-state index is 0.0986. The number of benzene rings is 2. The number of nitrogens with zero attached hydrogens (tertiary/aromatic N) is 3. The van der Waals surface area contributed by atoms with Gasteiger partial charge in [-0.15, -0.1) is 0 Å². The Hall–Kier alpha value is -2.28. The lowest BCUT2D eigenvalue weighted by molar-refractivity contribution is -0.134. The van der Waals surface area contributed by atoms with E-state index in [1.54, 1.807) is 0 Å². The van der Waals surface area contributed by atoms with Crippen molar-refractivity contribution >= 4 is 46.4 Å². The van der Waals surface area contributed by atoms with Crippen LogP contribution in [0.4, 0.5) is 11.4 Å². The third-order valence-electron chi connectivity index (χ3n) is 8.84. The number of aryl methyl sites for hydroxylation is 1. The van der Waals surface area contributed by atoms with Gasteiger partial charge in [0.2, 0.25) is 11.8 Å². The van der Waals surface area contributed by atoms with Gasteiger partial charge in [-0.2, -0.15) is 0 Å². The molecule has 6 nitrogen and oxygen atoms in total. The average Bonchev–Trinajstić information content (AvgIpc) is 2.93. The number of hydrogen-bond donors (Lipinski definition) is 0. The summed E-state index contributed by atoms with van der Waals surface area (Å²) < 4.78 is 6.12. The smallest absolute Gasteiger partial charge is 0.239 e. The molecule has 4 rings (SSSR count). The Labute approximate surface area is 262 Å². The van der Waals surface area contributed by atoms with Crippen LogP contribution in [0.2, 0.25) is 10.0 Å². The number of hydrogen-bond acceptors (Lipinski definition) is 5. The monoisotopic (exact) mass is 615 g/mol. The number of piperazine rings is 1. The van der Waals surface area contributed by atoms with Gasteiger partial charge in [-0.05, 0) is 67.3 Å². The Bertz CT molecular complexity index is 1270. The normalized spacial score (nSPS) is 17.3. The number of halogens is 2. The Kier molecular flexibility index (Phi) is 10.5. The molecule has 42 heavy (non-hydrogen) atoms. The van der Waals surface area contributed by atoms with E-state index < -0.39 is 5.41 Å². The van der Waals surface area contributed by atoms with E-state index in [0.29, 0.717) is 40.9 Å². The van der Waals surface area contributed by atoms with E-state index >= 15 is 0 Å².